The summed E-state index contributed by atoms with van der Waals surface area (Å²) in [6.45, 7) is 3.03. The molecule has 1 aliphatic heterocycles. The first kappa shape index (κ1) is 22.0. The van der Waals surface area contributed by atoms with Crippen LogP contribution in [0.3, 0.4) is 0 Å². The maximum atomic E-state index is 12.8. The smallest absolute Gasteiger partial charge is 0.257 e. The molecule has 2 aromatic rings. The van der Waals surface area contributed by atoms with Crippen LogP contribution in [0.2, 0.25) is 5.02 Å². The average Bonchev–Trinajstić information content (AvgIpc) is 2.75. The van der Waals surface area contributed by atoms with E-state index in [4.69, 9.17) is 28.6 Å². The van der Waals surface area contributed by atoms with Gasteiger partial charge in [0.15, 0.2) is 5.11 Å². The molecule has 2 amide bonds. The minimum atomic E-state index is -0.365. The van der Waals surface area contributed by atoms with Crippen LogP contribution in [0.4, 0.5) is 5.69 Å². The number of hydrogen-bond acceptors (Lipinski definition) is 5. The maximum absolute atomic E-state index is 12.8. The molecule has 0 saturated carbocycles. The van der Waals surface area contributed by atoms with E-state index in [0.29, 0.717) is 40.7 Å². The zero-order valence-electron chi connectivity index (χ0n) is 16.8. The number of carbonyl (C=O) groups is 2. The van der Waals surface area contributed by atoms with Crippen LogP contribution in [0.15, 0.2) is 42.5 Å². The number of rotatable bonds is 4. The molecule has 2 aromatic carbocycles. The lowest BCUT2D eigenvalue weighted by atomic mass is 10.1. The van der Waals surface area contributed by atoms with Gasteiger partial charge in [0.05, 0.1) is 17.8 Å². The van der Waals surface area contributed by atoms with Gasteiger partial charge < -0.3 is 19.9 Å². The molecule has 1 heterocycles. The zero-order chi connectivity index (χ0) is 21.7. The molecule has 0 spiro atoms. The van der Waals surface area contributed by atoms with Gasteiger partial charge in [-0.2, -0.15) is 0 Å². The van der Waals surface area contributed by atoms with Gasteiger partial charge in [0.25, 0.3) is 11.8 Å². The average molecular weight is 447 g/mol. The summed E-state index contributed by atoms with van der Waals surface area (Å²) in [7, 11) is 3.59. The van der Waals surface area contributed by atoms with Crippen LogP contribution in [0, 0.1) is 0 Å². The highest BCUT2D eigenvalue weighted by Crippen LogP contribution is 2.24. The number of nitrogens with one attached hydrogen (secondary N) is 2. The van der Waals surface area contributed by atoms with E-state index in [2.05, 4.69) is 15.5 Å². The van der Waals surface area contributed by atoms with Crippen LogP contribution in [0.5, 0.6) is 5.75 Å². The molecule has 0 radical (unpaired) electrons. The normalized spacial score (nSPS) is 14.2. The Kier molecular flexibility index (Phi) is 7.25. The van der Waals surface area contributed by atoms with Crippen molar-refractivity contribution in [3.8, 4) is 5.75 Å². The Morgan fingerprint density at radius 1 is 1.03 bits per heavy atom. The number of amides is 2. The molecule has 1 aliphatic rings. The SMILES string of the molecule is COc1ccc(C(=O)NC(=S)Nc2cc(C(=O)N3CCN(C)CC3)ccc2Cl)cc1. The highest BCUT2D eigenvalue weighted by Gasteiger charge is 2.21. The van der Waals surface area contributed by atoms with Crippen LogP contribution in [0.1, 0.15) is 20.7 Å². The van der Waals surface area contributed by atoms with E-state index in [9.17, 15) is 9.59 Å². The molecule has 9 heteroatoms. The number of methoxy groups -OCH3 is 1. The Balaban J connectivity index is 1.65. The van der Waals surface area contributed by atoms with Gasteiger partial charge in [0.1, 0.15) is 5.75 Å². The first-order chi connectivity index (χ1) is 14.4. The second-order valence-electron chi connectivity index (χ2n) is 6.93. The van der Waals surface area contributed by atoms with Crippen molar-refractivity contribution in [2.75, 3.05) is 45.7 Å². The third kappa shape index (κ3) is 5.47. The number of halogens is 1. The van der Waals surface area contributed by atoms with E-state index in [1.165, 1.54) is 0 Å². The summed E-state index contributed by atoms with van der Waals surface area (Å²) in [5, 5.41) is 5.99. The predicted molar refractivity (Wildman–Crippen MR) is 122 cm³/mol. The van der Waals surface area contributed by atoms with E-state index in [0.717, 1.165) is 13.1 Å². The molecule has 0 aromatic heterocycles. The molecule has 0 bridgehead atoms. The molecule has 0 atom stereocenters. The highest BCUT2D eigenvalue weighted by atomic mass is 35.5. The molecular formula is C21H23ClN4O3S. The van der Waals surface area contributed by atoms with Crippen LogP contribution < -0.4 is 15.4 Å². The molecule has 0 unspecified atom stereocenters. The fourth-order valence-electron chi connectivity index (χ4n) is 3.02. The van der Waals surface area contributed by atoms with Gasteiger partial charge in [0.2, 0.25) is 0 Å². The van der Waals surface area contributed by atoms with Gasteiger partial charge in [-0.15, -0.1) is 0 Å². The van der Waals surface area contributed by atoms with E-state index < -0.39 is 0 Å². The monoisotopic (exact) mass is 446 g/mol. The van der Waals surface area contributed by atoms with Crippen LogP contribution in [-0.2, 0) is 0 Å². The second-order valence-corrected chi connectivity index (χ2v) is 7.74. The van der Waals surface area contributed by atoms with E-state index in [-0.39, 0.29) is 16.9 Å². The Morgan fingerprint density at radius 3 is 2.30 bits per heavy atom. The molecule has 158 valence electrons. The van der Waals surface area contributed by atoms with Gasteiger partial charge in [0, 0.05) is 37.3 Å². The zero-order valence-corrected chi connectivity index (χ0v) is 18.3. The van der Waals surface area contributed by atoms with E-state index in [1.54, 1.807) is 49.6 Å². The van der Waals surface area contributed by atoms with Gasteiger partial charge in [-0.05, 0) is 61.7 Å². The summed E-state index contributed by atoms with van der Waals surface area (Å²) in [5.74, 6) is 0.229. The molecule has 30 heavy (non-hydrogen) atoms. The van der Waals surface area contributed by atoms with Crippen LogP contribution in [-0.4, -0.2) is 67.1 Å². The number of likely N-dealkylation sites (N-methyl/N-ethyl adjacent to an activating group) is 1. The topological polar surface area (TPSA) is 73.9 Å². The summed E-state index contributed by atoms with van der Waals surface area (Å²) >= 11 is 11.5. The first-order valence-corrected chi connectivity index (χ1v) is 10.2. The Hall–Kier alpha value is -2.68. The molecular weight excluding hydrogens is 424 g/mol. The fourth-order valence-corrected chi connectivity index (χ4v) is 3.38. The van der Waals surface area contributed by atoms with Crippen molar-refractivity contribution < 1.29 is 14.3 Å². The maximum Gasteiger partial charge on any atom is 0.257 e. The minimum absolute atomic E-state index is 0.0593. The number of nitrogens with zero attached hydrogens (tertiary/aromatic N) is 2. The van der Waals surface area contributed by atoms with Crippen molar-refractivity contribution in [3.63, 3.8) is 0 Å². The second kappa shape index (κ2) is 9.88. The van der Waals surface area contributed by atoms with Crippen molar-refractivity contribution in [3.05, 3.63) is 58.6 Å². The highest BCUT2D eigenvalue weighted by molar-refractivity contribution is 7.80. The Labute approximate surface area is 185 Å². The van der Waals surface area contributed by atoms with Gasteiger partial charge >= 0.3 is 0 Å². The number of ether oxygens (including phenoxy) is 1. The Morgan fingerprint density at radius 2 is 1.67 bits per heavy atom. The van der Waals surface area contributed by atoms with Crippen molar-refractivity contribution >= 4 is 46.4 Å². The number of carbonyl (C=O) groups excluding carboxylic acids is 2. The number of thiocarbonyl (C=S) groups is 1. The minimum Gasteiger partial charge on any atom is -0.497 e. The molecule has 0 aliphatic carbocycles. The van der Waals surface area contributed by atoms with E-state index >= 15 is 0 Å². The summed E-state index contributed by atoms with van der Waals surface area (Å²) in [6.07, 6.45) is 0. The number of hydrogen-bond donors (Lipinski definition) is 2. The van der Waals surface area contributed by atoms with Crippen molar-refractivity contribution in [2.45, 2.75) is 0 Å². The third-order valence-corrected chi connectivity index (χ3v) is 5.36. The number of piperazine rings is 1. The summed E-state index contributed by atoms with van der Waals surface area (Å²) in [5.41, 5.74) is 1.40. The molecule has 1 saturated heterocycles. The lowest BCUT2D eigenvalue weighted by Crippen LogP contribution is -2.47. The largest absolute Gasteiger partial charge is 0.497 e. The first-order valence-electron chi connectivity index (χ1n) is 9.41. The lowest BCUT2D eigenvalue weighted by Gasteiger charge is -2.32. The molecule has 1 fully saturated rings. The van der Waals surface area contributed by atoms with Gasteiger partial charge in [-0.3, -0.25) is 14.9 Å². The Bertz CT molecular complexity index is 944. The predicted octanol–water partition coefficient (Wildman–Crippen LogP) is 2.86. The van der Waals surface area contributed by atoms with E-state index in [1.807, 2.05) is 11.9 Å². The van der Waals surface area contributed by atoms with Crippen LogP contribution in [0.25, 0.3) is 0 Å². The summed E-state index contributed by atoms with van der Waals surface area (Å²) < 4.78 is 5.08. The number of anilines is 1. The summed E-state index contributed by atoms with van der Waals surface area (Å²) in [6, 6.07) is 11.6. The molecule has 7 nitrogen and oxygen atoms in total. The van der Waals surface area contributed by atoms with Crippen molar-refractivity contribution in [2.24, 2.45) is 0 Å². The van der Waals surface area contributed by atoms with Gasteiger partial charge in [-0.25, -0.2) is 0 Å². The third-order valence-electron chi connectivity index (χ3n) is 4.83. The molecule has 3 rings (SSSR count). The number of benzene rings is 2. The van der Waals surface area contributed by atoms with Crippen molar-refractivity contribution in [1.82, 2.24) is 15.1 Å². The van der Waals surface area contributed by atoms with Crippen LogP contribution >= 0.6 is 23.8 Å². The summed E-state index contributed by atoms with van der Waals surface area (Å²) in [4.78, 5) is 29.2. The standard InChI is InChI=1S/C21H23ClN4O3S/c1-25-9-11-26(12-10-25)20(28)15-5-8-17(22)18(13-15)23-21(30)24-19(27)14-3-6-16(29-2)7-4-14/h3-8,13H,9-12H2,1-2H3,(H2,23,24,27,30). The lowest BCUT2D eigenvalue weighted by molar-refractivity contribution is 0.0664. The molecule has 2 N–H and O–H groups in total. The van der Waals surface area contributed by atoms with Crippen molar-refractivity contribution in [1.29, 1.82) is 0 Å². The fraction of sp³-hybridized carbons (Fsp3) is 0.286. The quantitative estimate of drug-likeness (QED) is 0.703. The van der Waals surface area contributed by atoms with Gasteiger partial charge in [-0.1, -0.05) is 11.6 Å².